The van der Waals surface area contributed by atoms with Crippen molar-refractivity contribution in [3.63, 3.8) is 0 Å². The van der Waals surface area contributed by atoms with Crippen LogP contribution < -0.4 is 0 Å². The summed E-state index contributed by atoms with van der Waals surface area (Å²) < 4.78 is 2.00. The van der Waals surface area contributed by atoms with Gasteiger partial charge >= 0.3 is 5.97 Å². The summed E-state index contributed by atoms with van der Waals surface area (Å²) in [6, 6.07) is 6.67. The molecule has 6 heteroatoms. The monoisotopic (exact) mass is 273 g/mol. The third kappa shape index (κ3) is 1.80. The molecule has 0 fully saturated rings. The van der Waals surface area contributed by atoms with Gasteiger partial charge in [0.2, 0.25) is 4.96 Å². The molecule has 0 saturated heterocycles. The molecule has 0 saturated carbocycles. The zero-order chi connectivity index (χ0) is 13.6. The topological polar surface area (TPSA) is 67.5 Å². The highest BCUT2D eigenvalue weighted by Gasteiger charge is 2.14. The predicted octanol–water partition coefficient (Wildman–Crippen LogP) is 2.77. The zero-order valence-electron chi connectivity index (χ0n) is 10.4. The van der Waals surface area contributed by atoms with Crippen LogP contribution in [0.1, 0.15) is 20.9 Å². The predicted molar refractivity (Wildman–Crippen MR) is 72.7 cm³/mol. The highest BCUT2D eigenvalue weighted by molar-refractivity contribution is 7.17. The van der Waals surface area contributed by atoms with Crippen LogP contribution in [0.3, 0.4) is 0 Å². The number of benzene rings is 1. The fourth-order valence-corrected chi connectivity index (χ4v) is 2.86. The number of carboxylic acid groups (broad SMARTS) is 1. The standard InChI is InChI=1S/C13H11N3O2S/c1-7-8(2)19-13-15-14-11(16(7)13)9-3-5-10(6-4-9)12(17)18/h3-6H,1-2H3,(H,17,18). The lowest BCUT2D eigenvalue weighted by atomic mass is 10.1. The summed E-state index contributed by atoms with van der Waals surface area (Å²) in [7, 11) is 0. The summed E-state index contributed by atoms with van der Waals surface area (Å²) in [4.78, 5) is 12.9. The Morgan fingerprint density at radius 1 is 1.21 bits per heavy atom. The largest absolute Gasteiger partial charge is 0.478 e. The number of fused-ring (bicyclic) bond motifs is 1. The highest BCUT2D eigenvalue weighted by Crippen LogP contribution is 2.26. The molecule has 2 heterocycles. The van der Waals surface area contributed by atoms with Crippen molar-refractivity contribution in [1.29, 1.82) is 0 Å². The first-order valence-electron chi connectivity index (χ1n) is 5.73. The Labute approximate surface area is 113 Å². The van der Waals surface area contributed by atoms with Crippen LogP contribution in [-0.2, 0) is 0 Å². The summed E-state index contributed by atoms with van der Waals surface area (Å²) in [5.74, 6) is -0.186. The molecular weight excluding hydrogens is 262 g/mol. The third-order valence-corrected chi connectivity index (χ3v) is 4.16. The molecule has 0 unspecified atom stereocenters. The lowest BCUT2D eigenvalue weighted by Crippen LogP contribution is -1.96. The number of aromatic carboxylic acids is 1. The minimum absolute atomic E-state index is 0.266. The maximum atomic E-state index is 10.8. The van der Waals surface area contributed by atoms with E-state index in [-0.39, 0.29) is 5.56 Å². The highest BCUT2D eigenvalue weighted by atomic mass is 32.1. The smallest absolute Gasteiger partial charge is 0.335 e. The average molecular weight is 273 g/mol. The van der Waals surface area contributed by atoms with Crippen LogP contribution in [0.4, 0.5) is 0 Å². The minimum atomic E-state index is -0.930. The number of carboxylic acids is 1. The van der Waals surface area contributed by atoms with E-state index >= 15 is 0 Å². The molecule has 3 aromatic rings. The molecule has 0 aliphatic carbocycles. The van der Waals surface area contributed by atoms with Crippen molar-refractivity contribution in [3.05, 3.63) is 40.4 Å². The Kier molecular flexibility index (Phi) is 2.60. The van der Waals surface area contributed by atoms with Crippen molar-refractivity contribution >= 4 is 22.3 Å². The van der Waals surface area contributed by atoms with Gasteiger partial charge in [0, 0.05) is 16.1 Å². The number of carbonyl (C=O) groups is 1. The van der Waals surface area contributed by atoms with E-state index in [1.165, 1.54) is 4.88 Å². The van der Waals surface area contributed by atoms with Crippen LogP contribution in [0.5, 0.6) is 0 Å². The Bertz CT molecular complexity index is 771. The number of hydrogen-bond donors (Lipinski definition) is 1. The lowest BCUT2D eigenvalue weighted by molar-refractivity contribution is 0.0697. The SMILES string of the molecule is Cc1sc2nnc(-c3ccc(C(=O)O)cc3)n2c1C. The number of hydrogen-bond acceptors (Lipinski definition) is 4. The summed E-state index contributed by atoms with van der Waals surface area (Å²) in [5.41, 5.74) is 2.24. The normalized spacial score (nSPS) is 11.1. The maximum absolute atomic E-state index is 10.8. The molecule has 1 N–H and O–H groups in total. The molecule has 0 radical (unpaired) electrons. The van der Waals surface area contributed by atoms with Crippen molar-refractivity contribution in [3.8, 4) is 11.4 Å². The third-order valence-electron chi connectivity index (χ3n) is 3.11. The van der Waals surface area contributed by atoms with Crippen molar-refractivity contribution in [1.82, 2.24) is 14.6 Å². The van der Waals surface area contributed by atoms with Crippen molar-refractivity contribution in [2.45, 2.75) is 13.8 Å². The first-order valence-corrected chi connectivity index (χ1v) is 6.54. The fourth-order valence-electron chi connectivity index (χ4n) is 1.96. The van der Waals surface area contributed by atoms with Crippen molar-refractivity contribution in [2.24, 2.45) is 0 Å². The second kappa shape index (κ2) is 4.17. The van der Waals surface area contributed by atoms with Gasteiger partial charge in [0.1, 0.15) is 0 Å². The molecule has 0 amide bonds. The van der Waals surface area contributed by atoms with Crippen LogP contribution in [0.15, 0.2) is 24.3 Å². The molecule has 2 aromatic heterocycles. The van der Waals surface area contributed by atoms with Gasteiger partial charge in [-0.1, -0.05) is 23.5 Å². The van der Waals surface area contributed by atoms with Gasteiger partial charge in [0.15, 0.2) is 5.82 Å². The minimum Gasteiger partial charge on any atom is -0.478 e. The summed E-state index contributed by atoms with van der Waals surface area (Å²) in [6.07, 6.45) is 0. The summed E-state index contributed by atoms with van der Waals surface area (Å²) in [5, 5.41) is 17.2. The van der Waals surface area contributed by atoms with Crippen LogP contribution in [0.2, 0.25) is 0 Å². The van der Waals surface area contributed by atoms with E-state index in [1.54, 1.807) is 35.6 Å². The first kappa shape index (κ1) is 11.9. The molecular formula is C13H11N3O2S. The average Bonchev–Trinajstić information content (AvgIpc) is 2.92. The maximum Gasteiger partial charge on any atom is 0.335 e. The molecule has 0 aliphatic rings. The van der Waals surface area contributed by atoms with Gasteiger partial charge in [-0.15, -0.1) is 10.2 Å². The van der Waals surface area contributed by atoms with Crippen LogP contribution >= 0.6 is 11.3 Å². The molecule has 96 valence electrons. The Balaban J connectivity index is 2.16. The van der Waals surface area contributed by atoms with E-state index in [0.29, 0.717) is 0 Å². The van der Waals surface area contributed by atoms with Crippen molar-refractivity contribution < 1.29 is 9.90 Å². The molecule has 0 atom stereocenters. The molecule has 0 bridgehead atoms. The quantitative estimate of drug-likeness (QED) is 0.779. The van der Waals surface area contributed by atoms with E-state index in [1.807, 2.05) is 18.2 Å². The van der Waals surface area contributed by atoms with Crippen LogP contribution in [-0.4, -0.2) is 25.7 Å². The number of nitrogens with zero attached hydrogens (tertiary/aromatic N) is 3. The number of aryl methyl sites for hydroxylation is 2. The van der Waals surface area contributed by atoms with E-state index in [9.17, 15) is 4.79 Å². The van der Waals surface area contributed by atoms with E-state index in [2.05, 4.69) is 10.2 Å². The zero-order valence-corrected chi connectivity index (χ0v) is 11.2. The number of thiazole rings is 1. The van der Waals surface area contributed by atoms with E-state index in [4.69, 9.17) is 5.11 Å². The second-order valence-electron chi connectivity index (χ2n) is 4.27. The molecule has 0 spiro atoms. The summed E-state index contributed by atoms with van der Waals surface area (Å²) >= 11 is 1.60. The Morgan fingerprint density at radius 3 is 2.53 bits per heavy atom. The van der Waals surface area contributed by atoms with Gasteiger partial charge < -0.3 is 5.11 Å². The van der Waals surface area contributed by atoms with Gasteiger partial charge in [0.25, 0.3) is 0 Å². The van der Waals surface area contributed by atoms with Gasteiger partial charge in [-0.05, 0) is 26.0 Å². The fraction of sp³-hybridized carbons (Fsp3) is 0.154. The van der Waals surface area contributed by atoms with E-state index in [0.717, 1.165) is 22.0 Å². The number of rotatable bonds is 2. The molecule has 0 aliphatic heterocycles. The van der Waals surface area contributed by atoms with Gasteiger partial charge in [-0.3, -0.25) is 4.40 Å². The van der Waals surface area contributed by atoms with Gasteiger partial charge in [0.05, 0.1) is 5.56 Å². The van der Waals surface area contributed by atoms with Gasteiger partial charge in [-0.2, -0.15) is 0 Å². The molecule has 1 aromatic carbocycles. The molecule has 3 rings (SSSR count). The van der Waals surface area contributed by atoms with E-state index < -0.39 is 5.97 Å². The van der Waals surface area contributed by atoms with Crippen molar-refractivity contribution in [2.75, 3.05) is 0 Å². The summed E-state index contributed by atoms with van der Waals surface area (Å²) in [6.45, 7) is 4.07. The Hall–Kier alpha value is -2.21. The number of aromatic nitrogens is 3. The molecule has 19 heavy (non-hydrogen) atoms. The first-order chi connectivity index (χ1) is 9.08. The second-order valence-corrected chi connectivity index (χ2v) is 5.45. The van der Waals surface area contributed by atoms with Crippen LogP contribution in [0.25, 0.3) is 16.3 Å². The Morgan fingerprint density at radius 2 is 1.89 bits per heavy atom. The molecule has 5 nitrogen and oxygen atoms in total. The van der Waals surface area contributed by atoms with Crippen LogP contribution in [0, 0.1) is 13.8 Å². The van der Waals surface area contributed by atoms with Gasteiger partial charge in [-0.25, -0.2) is 4.79 Å². The lowest BCUT2D eigenvalue weighted by Gasteiger charge is -2.01.